The lowest BCUT2D eigenvalue weighted by molar-refractivity contribution is 0.269. The summed E-state index contributed by atoms with van der Waals surface area (Å²) in [5.74, 6) is 0.987. The van der Waals surface area contributed by atoms with Crippen LogP contribution in [0.5, 0.6) is 0 Å². The maximum absolute atomic E-state index is 12.8. The van der Waals surface area contributed by atoms with Crippen molar-refractivity contribution in [3.8, 4) is 0 Å². The van der Waals surface area contributed by atoms with Gasteiger partial charge in [0.25, 0.3) is 0 Å². The number of alkyl halides is 1. The number of nitrogens with zero attached hydrogens (tertiary/aromatic N) is 2. The van der Waals surface area contributed by atoms with Crippen LogP contribution in [0.4, 0.5) is 0 Å². The Balaban J connectivity index is 2.24. The second-order valence-electron chi connectivity index (χ2n) is 6.06. The standard InChI is InChI=1S/C15H25ClN2O2S/c1-4-13-5-7-17(8-6-13)21(19,20)15-9-14(10-16)18(11-15)12(2)3/h9,11-13H,4-8,10H2,1-3H3. The molecule has 21 heavy (non-hydrogen) atoms. The smallest absolute Gasteiger partial charge is 0.244 e. The van der Waals surface area contributed by atoms with Gasteiger partial charge < -0.3 is 4.57 Å². The van der Waals surface area contributed by atoms with Crippen molar-refractivity contribution in [1.29, 1.82) is 0 Å². The van der Waals surface area contributed by atoms with Gasteiger partial charge in [-0.25, -0.2) is 8.42 Å². The summed E-state index contributed by atoms with van der Waals surface area (Å²) in [6.07, 6.45) is 4.78. The Labute approximate surface area is 133 Å². The second kappa shape index (κ2) is 6.71. The summed E-state index contributed by atoms with van der Waals surface area (Å²) in [5, 5.41) is 0. The molecule has 0 bridgehead atoms. The molecule has 120 valence electrons. The molecule has 2 heterocycles. The van der Waals surface area contributed by atoms with E-state index < -0.39 is 10.0 Å². The average molecular weight is 333 g/mol. The van der Waals surface area contributed by atoms with Crippen LogP contribution in [0.25, 0.3) is 0 Å². The van der Waals surface area contributed by atoms with Crippen molar-refractivity contribution in [1.82, 2.24) is 8.87 Å². The van der Waals surface area contributed by atoms with Gasteiger partial charge in [-0.15, -0.1) is 11.6 Å². The summed E-state index contributed by atoms with van der Waals surface area (Å²) in [6, 6.07) is 1.92. The molecule has 0 unspecified atom stereocenters. The number of rotatable bonds is 5. The van der Waals surface area contributed by atoms with Crippen LogP contribution in [0.3, 0.4) is 0 Å². The highest BCUT2D eigenvalue weighted by Gasteiger charge is 2.30. The molecule has 1 aliphatic rings. The first kappa shape index (κ1) is 16.8. The van der Waals surface area contributed by atoms with E-state index in [0.717, 1.165) is 25.0 Å². The van der Waals surface area contributed by atoms with Crippen molar-refractivity contribution in [2.24, 2.45) is 5.92 Å². The van der Waals surface area contributed by atoms with Crippen molar-refractivity contribution < 1.29 is 8.42 Å². The van der Waals surface area contributed by atoms with E-state index in [1.807, 2.05) is 18.4 Å². The fraction of sp³-hybridized carbons (Fsp3) is 0.733. The summed E-state index contributed by atoms with van der Waals surface area (Å²) in [4.78, 5) is 0.377. The molecule has 0 radical (unpaired) electrons. The molecule has 0 atom stereocenters. The van der Waals surface area contributed by atoms with Crippen LogP contribution in [-0.2, 0) is 15.9 Å². The van der Waals surface area contributed by atoms with Crippen molar-refractivity contribution in [3.63, 3.8) is 0 Å². The molecular weight excluding hydrogens is 308 g/mol. The van der Waals surface area contributed by atoms with Gasteiger partial charge in [0, 0.05) is 31.0 Å². The molecule has 1 aromatic heterocycles. The lowest BCUT2D eigenvalue weighted by Crippen LogP contribution is -2.38. The van der Waals surface area contributed by atoms with Gasteiger partial charge in [-0.3, -0.25) is 0 Å². The number of aromatic nitrogens is 1. The van der Waals surface area contributed by atoms with E-state index in [0.29, 0.717) is 29.8 Å². The first-order valence-corrected chi connectivity index (χ1v) is 9.64. The van der Waals surface area contributed by atoms with Crippen LogP contribution in [0.1, 0.15) is 51.8 Å². The van der Waals surface area contributed by atoms with Gasteiger partial charge in [0.1, 0.15) is 4.90 Å². The summed E-state index contributed by atoms with van der Waals surface area (Å²) in [7, 11) is -3.39. The third kappa shape index (κ3) is 3.46. The fourth-order valence-electron chi connectivity index (χ4n) is 2.93. The van der Waals surface area contributed by atoms with Crippen LogP contribution in [-0.4, -0.2) is 30.4 Å². The predicted octanol–water partition coefficient (Wildman–Crippen LogP) is 3.62. The molecule has 1 aromatic rings. The third-order valence-corrected chi connectivity index (χ3v) is 6.53. The SMILES string of the molecule is CCC1CCN(S(=O)(=O)c2cc(CCl)n(C(C)C)c2)CC1. The monoisotopic (exact) mass is 332 g/mol. The first-order chi connectivity index (χ1) is 9.90. The Hall–Kier alpha value is -0.520. The Morgan fingerprint density at radius 3 is 2.38 bits per heavy atom. The topological polar surface area (TPSA) is 42.3 Å². The molecule has 1 fully saturated rings. The highest BCUT2D eigenvalue weighted by atomic mass is 35.5. The van der Waals surface area contributed by atoms with E-state index in [1.165, 1.54) is 0 Å². The van der Waals surface area contributed by atoms with E-state index in [2.05, 4.69) is 6.92 Å². The summed E-state index contributed by atoms with van der Waals surface area (Å²) < 4.78 is 29.1. The number of halogens is 1. The number of piperidine rings is 1. The zero-order chi connectivity index (χ0) is 15.6. The predicted molar refractivity (Wildman–Crippen MR) is 86.1 cm³/mol. The minimum Gasteiger partial charge on any atom is -0.346 e. The minimum atomic E-state index is -3.39. The van der Waals surface area contributed by atoms with Gasteiger partial charge >= 0.3 is 0 Å². The van der Waals surface area contributed by atoms with Gasteiger partial charge in [-0.05, 0) is 38.7 Å². The number of hydrogen-bond acceptors (Lipinski definition) is 2. The summed E-state index contributed by atoms with van der Waals surface area (Å²) in [5.41, 5.74) is 0.855. The molecule has 0 aliphatic carbocycles. The van der Waals surface area contributed by atoms with Gasteiger partial charge in [0.2, 0.25) is 10.0 Å². The molecule has 0 saturated carbocycles. The quantitative estimate of drug-likeness (QED) is 0.773. The fourth-order valence-corrected chi connectivity index (χ4v) is 4.67. The molecule has 1 aliphatic heterocycles. The molecule has 1 saturated heterocycles. The maximum Gasteiger partial charge on any atom is 0.244 e. The minimum absolute atomic E-state index is 0.202. The Kier molecular flexibility index (Phi) is 5.38. The van der Waals surface area contributed by atoms with Gasteiger partial charge in [0.15, 0.2) is 0 Å². The van der Waals surface area contributed by atoms with Crippen LogP contribution in [0, 0.1) is 5.92 Å². The van der Waals surface area contributed by atoms with Gasteiger partial charge in [-0.2, -0.15) is 4.31 Å². The Morgan fingerprint density at radius 2 is 1.95 bits per heavy atom. The highest BCUT2D eigenvalue weighted by molar-refractivity contribution is 7.89. The van der Waals surface area contributed by atoms with Crippen molar-refractivity contribution >= 4 is 21.6 Å². The molecule has 2 rings (SSSR count). The molecule has 6 heteroatoms. The van der Waals surface area contributed by atoms with E-state index in [1.54, 1.807) is 16.6 Å². The first-order valence-electron chi connectivity index (χ1n) is 7.67. The summed E-state index contributed by atoms with van der Waals surface area (Å²) >= 11 is 5.93. The van der Waals surface area contributed by atoms with E-state index in [4.69, 9.17) is 11.6 Å². The number of hydrogen-bond donors (Lipinski definition) is 0. The van der Waals surface area contributed by atoms with E-state index in [-0.39, 0.29) is 6.04 Å². The van der Waals surface area contributed by atoms with Crippen molar-refractivity contribution in [2.45, 2.75) is 56.9 Å². The van der Waals surface area contributed by atoms with Crippen molar-refractivity contribution in [3.05, 3.63) is 18.0 Å². The lowest BCUT2D eigenvalue weighted by atomic mass is 9.96. The van der Waals surface area contributed by atoms with Crippen LogP contribution in [0.15, 0.2) is 17.2 Å². The summed E-state index contributed by atoms with van der Waals surface area (Å²) in [6.45, 7) is 7.48. The van der Waals surface area contributed by atoms with E-state index >= 15 is 0 Å². The Bertz CT molecular complexity index is 572. The molecule has 0 N–H and O–H groups in total. The van der Waals surface area contributed by atoms with Gasteiger partial charge in [0.05, 0.1) is 5.88 Å². The van der Waals surface area contributed by atoms with Crippen LogP contribution < -0.4 is 0 Å². The van der Waals surface area contributed by atoms with Crippen LogP contribution >= 0.6 is 11.6 Å². The zero-order valence-corrected chi connectivity index (χ0v) is 14.6. The second-order valence-corrected chi connectivity index (χ2v) is 8.26. The maximum atomic E-state index is 12.8. The van der Waals surface area contributed by atoms with Crippen LogP contribution in [0.2, 0.25) is 0 Å². The highest BCUT2D eigenvalue weighted by Crippen LogP contribution is 2.27. The largest absolute Gasteiger partial charge is 0.346 e. The molecule has 0 aromatic carbocycles. The average Bonchev–Trinajstić information content (AvgIpc) is 2.92. The normalized spacial score (nSPS) is 18.5. The molecule has 0 amide bonds. The Morgan fingerprint density at radius 1 is 1.33 bits per heavy atom. The molecule has 0 spiro atoms. The number of sulfonamides is 1. The van der Waals surface area contributed by atoms with Gasteiger partial charge in [-0.1, -0.05) is 13.3 Å². The zero-order valence-electron chi connectivity index (χ0n) is 13.0. The third-order valence-electron chi connectivity index (χ3n) is 4.39. The van der Waals surface area contributed by atoms with E-state index in [9.17, 15) is 8.42 Å². The van der Waals surface area contributed by atoms with Crippen molar-refractivity contribution in [2.75, 3.05) is 13.1 Å². The lowest BCUT2D eigenvalue weighted by Gasteiger charge is -2.30. The molecular formula is C15H25ClN2O2S. The molecule has 4 nitrogen and oxygen atoms in total.